The van der Waals surface area contributed by atoms with Crippen molar-refractivity contribution in [1.82, 2.24) is 9.62 Å². The molecule has 0 spiro atoms. The van der Waals surface area contributed by atoms with Gasteiger partial charge < -0.3 is 10.1 Å². The van der Waals surface area contributed by atoms with Gasteiger partial charge in [-0.25, -0.2) is 8.42 Å². The number of sulfonamides is 1. The fraction of sp³-hybridized carbons (Fsp3) is 0.588. The van der Waals surface area contributed by atoms with E-state index >= 15 is 0 Å². The van der Waals surface area contributed by atoms with E-state index in [1.54, 1.807) is 31.4 Å². The largest absolute Gasteiger partial charge is 0.385 e. The number of amides is 1. The molecule has 1 heterocycles. The topological polar surface area (TPSA) is 75.7 Å². The summed E-state index contributed by atoms with van der Waals surface area (Å²) in [6.07, 6.45) is 2.16. The maximum absolute atomic E-state index is 12.7. The third-order valence-corrected chi connectivity index (χ3v) is 6.12. The lowest BCUT2D eigenvalue weighted by Crippen LogP contribution is -2.45. The number of aryl methyl sites for hydroxylation is 1. The van der Waals surface area contributed by atoms with Crippen molar-refractivity contribution in [3.63, 3.8) is 0 Å². The van der Waals surface area contributed by atoms with Crippen molar-refractivity contribution < 1.29 is 17.9 Å². The van der Waals surface area contributed by atoms with Crippen LogP contribution in [-0.4, -0.2) is 52.0 Å². The van der Waals surface area contributed by atoms with Gasteiger partial charge in [0.25, 0.3) is 0 Å². The second kappa shape index (κ2) is 8.60. The molecule has 6 nitrogen and oxygen atoms in total. The van der Waals surface area contributed by atoms with Crippen molar-refractivity contribution >= 4 is 15.9 Å². The molecule has 0 bridgehead atoms. The van der Waals surface area contributed by atoms with Crippen LogP contribution >= 0.6 is 0 Å². The lowest BCUT2D eigenvalue weighted by molar-refractivity contribution is -0.126. The highest BCUT2D eigenvalue weighted by Gasteiger charge is 2.33. The van der Waals surface area contributed by atoms with Crippen LogP contribution < -0.4 is 5.32 Å². The number of nitrogens with one attached hydrogen (secondary N) is 1. The summed E-state index contributed by atoms with van der Waals surface area (Å²) in [5.74, 6) is -0.364. The van der Waals surface area contributed by atoms with Crippen molar-refractivity contribution in [2.45, 2.75) is 31.1 Å². The van der Waals surface area contributed by atoms with Gasteiger partial charge in [-0.15, -0.1) is 0 Å². The molecule has 0 saturated carbocycles. The smallest absolute Gasteiger partial charge is 0.243 e. The highest BCUT2D eigenvalue weighted by Crippen LogP contribution is 2.24. The summed E-state index contributed by atoms with van der Waals surface area (Å²) >= 11 is 0. The number of methoxy groups -OCH3 is 1. The number of nitrogens with zero attached hydrogens (tertiary/aromatic N) is 1. The molecule has 1 aromatic rings. The fourth-order valence-corrected chi connectivity index (χ4v) is 4.33. The minimum absolute atomic E-state index is 0.0742. The van der Waals surface area contributed by atoms with Crippen molar-refractivity contribution in [2.24, 2.45) is 5.92 Å². The Morgan fingerprint density at radius 3 is 2.71 bits per heavy atom. The number of carbonyl (C=O) groups is 1. The molecule has 0 unspecified atom stereocenters. The van der Waals surface area contributed by atoms with Crippen LogP contribution in [0.1, 0.15) is 24.8 Å². The molecule has 1 fully saturated rings. The third-order valence-electron chi connectivity index (χ3n) is 4.24. The minimum atomic E-state index is -3.54. The zero-order valence-electron chi connectivity index (χ0n) is 14.3. The lowest BCUT2D eigenvalue weighted by Gasteiger charge is -2.31. The number of carbonyl (C=O) groups excluding carboxylic acids is 1. The Hall–Kier alpha value is -1.44. The molecule has 1 atom stereocenters. The number of hydrogen-bond donors (Lipinski definition) is 1. The molecular formula is C17H26N2O4S. The second-order valence-electron chi connectivity index (χ2n) is 6.15. The fourth-order valence-electron chi connectivity index (χ4n) is 2.81. The number of benzene rings is 1. The molecule has 1 aliphatic rings. The van der Waals surface area contributed by atoms with Gasteiger partial charge >= 0.3 is 0 Å². The molecule has 0 aromatic heterocycles. The van der Waals surface area contributed by atoms with Gasteiger partial charge in [-0.05, 0) is 38.3 Å². The van der Waals surface area contributed by atoms with Gasteiger partial charge in [0.05, 0.1) is 10.8 Å². The average molecular weight is 354 g/mol. The standard InChI is InChI=1S/C17H26N2O4S/c1-14-6-8-16(9-7-14)24(21,22)19-11-3-5-15(13-19)17(20)18-10-4-12-23-2/h6-9,15H,3-5,10-13H2,1-2H3,(H,18,20)/t15-/m0/s1. The molecule has 7 heteroatoms. The summed E-state index contributed by atoms with van der Waals surface area (Å²) in [4.78, 5) is 12.5. The molecule has 0 radical (unpaired) electrons. The van der Waals surface area contributed by atoms with E-state index in [2.05, 4.69) is 5.32 Å². The Morgan fingerprint density at radius 1 is 1.33 bits per heavy atom. The van der Waals surface area contributed by atoms with E-state index < -0.39 is 10.0 Å². The molecule has 0 aliphatic carbocycles. The Morgan fingerprint density at radius 2 is 2.04 bits per heavy atom. The molecule has 134 valence electrons. The predicted molar refractivity (Wildman–Crippen MR) is 92.2 cm³/mol. The van der Waals surface area contributed by atoms with E-state index in [9.17, 15) is 13.2 Å². The summed E-state index contributed by atoms with van der Waals surface area (Å²) in [5.41, 5.74) is 1.01. The zero-order valence-corrected chi connectivity index (χ0v) is 15.1. The van der Waals surface area contributed by atoms with Crippen LogP contribution in [0.15, 0.2) is 29.2 Å². The first-order valence-corrected chi connectivity index (χ1v) is 9.72. The summed E-state index contributed by atoms with van der Waals surface area (Å²) in [7, 11) is -1.92. The molecule has 1 N–H and O–H groups in total. The number of piperidine rings is 1. The molecule has 24 heavy (non-hydrogen) atoms. The zero-order chi connectivity index (χ0) is 17.6. The number of ether oxygens (including phenoxy) is 1. The Kier molecular flexibility index (Phi) is 6.77. The van der Waals surface area contributed by atoms with Crippen LogP contribution in [0.3, 0.4) is 0 Å². The predicted octanol–water partition coefficient (Wildman–Crippen LogP) is 1.55. The summed E-state index contributed by atoms with van der Waals surface area (Å²) < 4.78 is 31.9. The van der Waals surface area contributed by atoms with Crippen molar-refractivity contribution in [3.8, 4) is 0 Å². The van der Waals surface area contributed by atoms with Gasteiger partial charge in [0.1, 0.15) is 0 Å². The summed E-state index contributed by atoms with van der Waals surface area (Å²) in [5, 5.41) is 2.87. The van der Waals surface area contributed by atoms with Gasteiger partial charge in [-0.2, -0.15) is 4.31 Å². The summed E-state index contributed by atoms with van der Waals surface area (Å²) in [6.45, 7) is 3.77. The van der Waals surface area contributed by atoms with E-state index in [1.165, 1.54) is 4.31 Å². The van der Waals surface area contributed by atoms with E-state index in [4.69, 9.17) is 4.74 Å². The van der Waals surface area contributed by atoms with Crippen molar-refractivity contribution in [1.29, 1.82) is 0 Å². The quantitative estimate of drug-likeness (QED) is 0.754. The van der Waals surface area contributed by atoms with Gasteiger partial charge in [-0.1, -0.05) is 17.7 Å². The summed E-state index contributed by atoms with van der Waals surface area (Å²) in [6, 6.07) is 6.83. The van der Waals surface area contributed by atoms with E-state index in [0.29, 0.717) is 26.1 Å². The first-order chi connectivity index (χ1) is 11.4. The van der Waals surface area contributed by atoms with Crippen molar-refractivity contribution in [2.75, 3.05) is 33.4 Å². The van der Waals surface area contributed by atoms with Crippen LogP contribution in [0.2, 0.25) is 0 Å². The molecule has 1 saturated heterocycles. The number of hydrogen-bond acceptors (Lipinski definition) is 4. The van der Waals surface area contributed by atoms with E-state index in [0.717, 1.165) is 18.4 Å². The Bertz CT molecular complexity index is 643. The van der Waals surface area contributed by atoms with Crippen LogP contribution in [0, 0.1) is 12.8 Å². The van der Waals surface area contributed by atoms with Crippen LogP contribution in [0.4, 0.5) is 0 Å². The second-order valence-corrected chi connectivity index (χ2v) is 8.09. The Balaban J connectivity index is 1.99. The van der Waals surface area contributed by atoms with Gasteiger partial charge in [0, 0.05) is 33.4 Å². The first-order valence-electron chi connectivity index (χ1n) is 8.28. The molecular weight excluding hydrogens is 328 g/mol. The lowest BCUT2D eigenvalue weighted by atomic mass is 9.99. The van der Waals surface area contributed by atoms with Crippen LogP contribution in [0.5, 0.6) is 0 Å². The maximum Gasteiger partial charge on any atom is 0.243 e. The molecule has 1 amide bonds. The maximum atomic E-state index is 12.7. The third kappa shape index (κ3) is 4.78. The monoisotopic (exact) mass is 354 g/mol. The van der Waals surface area contributed by atoms with E-state index in [-0.39, 0.29) is 23.3 Å². The van der Waals surface area contributed by atoms with Gasteiger partial charge in [-0.3, -0.25) is 4.79 Å². The number of rotatable bonds is 7. The average Bonchev–Trinajstić information content (AvgIpc) is 2.59. The van der Waals surface area contributed by atoms with E-state index in [1.807, 2.05) is 6.92 Å². The SMILES string of the molecule is COCCCNC(=O)[C@H]1CCCN(S(=O)(=O)c2ccc(C)cc2)C1. The highest BCUT2D eigenvalue weighted by atomic mass is 32.2. The molecule has 1 aromatic carbocycles. The Labute approximate surface area is 144 Å². The molecule has 2 rings (SSSR count). The van der Waals surface area contributed by atoms with Crippen LogP contribution in [0.25, 0.3) is 0 Å². The molecule has 1 aliphatic heterocycles. The first kappa shape index (κ1) is 18.9. The highest BCUT2D eigenvalue weighted by molar-refractivity contribution is 7.89. The normalized spacial score (nSPS) is 19.2. The van der Waals surface area contributed by atoms with Gasteiger partial charge in [0.2, 0.25) is 15.9 Å². The van der Waals surface area contributed by atoms with Crippen LogP contribution in [-0.2, 0) is 19.6 Å². The minimum Gasteiger partial charge on any atom is -0.385 e. The van der Waals surface area contributed by atoms with Crippen molar-refractivity contribution in [3.05, 3.63) is 29.8 Å². The van der Waals surface area contributed by atoms with Gasteiger partial charge in [0.15, 0.2) is 0 Å².